The number of aryl methyl sites for hydroxylation is 1. The van der Waals surface area contributed by atoms with E-state index in [9.17, 15) is 14.4 Å². The van der Waals surface area contributed by atoms with Crippen LogP contribution < -0.4 is 5.56 Å². The van der Waals surface area contributed by atoms with Crippen molar-refractivity contribution in [1.29, 1.82) is 0 Å². The standard InChI is InChI=1S/C26H31N5O4/c1-18(2)12-29-13-21(35-17-20-8-6-7-11-27-20)14-30(15-24(29)32)25(33)16-31-26(34)23-10-5-4-9-22(23)19(3)28-31/h4-11,18,21H,12-17H2,1-3H3. The van der Waals surface area contributed by atoms with Gasteiger partial charge in [0.15, 0.2) is 0 Å². The van der Waals surface area contributed by atoms with Gasteiger partial charge < -0.3 is 14.5 Å². The average Bonchev–Trinajstić information content (AvgIpc) is 3.00. The van der Waals surface area contributed by atoms with Gasteiger partial charge >= 0.3 is 0 Å². The van der Waals surface area contributed by atoms with Gasteiger partial charge in [0.25, 0.3) is 5.56 Å². The molecule has 2 aromatic heterocycles. The molecule has 9 nitrogen and oxygen atoms in total. The van der Waals surface area contributed by atoms with E-state index in [1.54, 1.807) is 23.2 Å². The molecule has 0 radical (unpaired) electrons. The minimum atomic E-state index is -0.380. The van der Waals surface area contributed by atoms with Crippen molar-refractivity contribution >= 4 is 22.6 Å². The zero-order chi connectivity index (χ0) is 24.9. The number of hydrogen-bond acceptors (Lipinski definition) is 6. The molecule has 184 valence electrons. The van der Waals surface area contributed by atoms with Crippen molar-refractivity contribution in [2.45, 2.75) is 40.0 Å². The molecule has 9 heteroatoms. The van der Waals surface area contributed by atoms with Crippen LogP contribution in [0.2, 0.25) is 0 Å². The van der Waals surface area contributed by atoms with E-state index >= 15 is 0 Å². The summed E-state index contributed by atoms with van der Waals surface area (Å²) >= 11 is 0. The van der Waals surface area contributed by atoms with Gasteiger partial charge in [-0.25, -0.2) is 4.68 Å². The van der Waals surface area contributed by atoms with Crippen molar-refractivity contribution in [2.75, 3.05) is 26.2 Å². The first kappa shape index (κ1) is 24.5. The molecule has 1 fully saturated rings. The van der Waals surface area contributed by atoms with Crippen molar-refractivity contribution in [2.24, 2.45) is 5.92 Å². The quantitative estimate of drug-likeness (QED) is 0.516. The lowest BCUT2D eigenvalue weighted by Crippen LogP contribution is -2.43. The van der Waals surface area contributed by atoms with Gasteiger partial charge in [-0.2, -0.15) is 5.10 Å². The third-order valence-corrected chi connectivity index (χ3v) is 6.00. The molecular formula is C26H31N5O4. The zero-order valence-corrected chi connectivity index (χ0v) is 20.4. The summed E-state index contributed by atoms with van der Waals surface area (Å²) in [7, 11) is 0. The van der Waals surface area contributed by atoms with Gasteiger partial charge in [0.05, 0.1) is 36.0 Å². The third kappa shape index (κ3) is 5.92. The highest BCUT2D eigenvalue weighted by molar-refractivity contribution is 5.86. The Labute approximate surface area is 204 Å². The highest BCUT2D eigenvalue weighted by atomic mass is 16.5. The SMILES string of the molecule is Cc1nn(CC(=O)N2CC(=O)N(CC(C)C)CC(OCc3ccccn3)C2)c(=O)c2ccccc12. The molecule has 0 N–H and O–H groups in total. The van der Waals surface area contributed by atoms with Crippen LogP contribution in [0.4, 0.5) is 0 Å². The summed E-state index contributed by atoms with van der Waals surface area (Å²) in [6.07, 6.45) is 1.32. The topological polar surface area (TPSA) is 97.6 Å². The Morgan fingerprint density at radius 3 is 2.54 bits per heavy atom. The lowest BCUT2D eigenvalue weighted by molar-refractivity contribution is -0.139. The summed E-state index contributed by atoms with van der Waals surface area (Å²) in [6, 6.07) is 12.8. The second-order valence-electron chi connectivity index (χ2n) is 9.31. The lowest BCUT2D eigenvalue weighted by atomic mass is 10.1. The highest BCUT2D eigenvalue weighted by Gasteiger charge is 2.31. The van der Waals surface area contributed by atoms with E-state index in [1.807, 2.05) is 51.1 Å². The second kappa shape index (κ2) is 10.8. The van der Waals surface area contributed by atoms with E-state index in [-0.39, 0.29) is 55.6 Å². The molecule has 1 aliphatic rings. The number of hydrogen-bond donors (Lipinski definition) is 0. The van der Waals surface area contributed by atoms with Crippen LogP contribution in [-0.4, -0.2) is 68.7 Å². The molecule has 0 spiro atoms. The summed E-state index contributed by atoms with van der Waals surface area (Å²) in [5.41, 5.74) is 1.11. The third-order valence-electron chi connectivity index (χ3n) is 6.00. The Hall–Kier alpha value is -3.59. The molecule has 0 bridgehead atoms. The molecule has 1 atom stereocenters. The summed E-state index contributed by atoms with van der Waals surface area (Å²) in [5, 5.41) is 5.63. The van der Waals surface area contributed by atoms with E-state index in [2.05, 4.69) is 10.1 Å². The number of carbonyl (C=O) groups is 2. The Kier molecular flexibility index (Phi) is 7.55. The van der Waals surface area contributed by atoms with Crippen molar-refractivity contribution in [3.05, 3.63) is 70.4 Å². The van der Waals surface area contributed by atoms with E-state index in [0.717, 1.165) is 11.1 Å². The van der Waals surface area contributed by atoms with Crippen molar-refractivity contribution in [3.8, 4) is 0 Å². The average molecular weight is 478 g/mol. The molecule has 3 aromatic rings. The van der Waals surface area contributed by atoms with Gasteiger partial charge in [-0.1, -0.05) is 38.1 Å². The number of fused-ring (bicyclic) bond motifs is 1. The predicted molar refractivity (Wildman–Crippen MR) is 132 cm³/mol. The number of amides is 2. The number of pyridine rings is 1. The van der Waals surface area contributed by atoms with Gasteiger partial charge in [0.1, 0.15) is 6.54 Å². The van der Waals surface area contributed by atoms with Crippen LogP contribution in [0.1, 0.15) is 25.2 Å². The number of aromatic nitrogens is 3. The fraction of sp³-hybridized carbons (Fsp3) is 0.423. The van der Waals surface area contributed by atoms with E-state index in [1.165, 1.54) is 9.58 Å². The molecule has 0 aliphatic carbocycles. The first-order valence-electron chi connectivity index (χ1n) is 11.9. The van der Waals surface area contributed by atoms with Crippen LogP contribution in [0.5, 0.6) is 0 Å². The first-order valence-corrected chi connectivity index (χ1v) is 11.9. The second-order valence-corrected chi connectivity index (χ2v) is 9.31. The van der Waals surface area contributed by atoms with Crippen LogP contribution in [0.25, 0.3) is 10.8 Å². The van der Waals surface area contributed by atoms with Gasteiger partial charge in [-0.3, -0.25) is 19.4 Å². The Morgan fingerprint density at radius 2 is 1.83 bits per heavy atom. The fourth-order valence-corrected chi connectivity index (χ4v) is 4.32. The summed E-state index contributed by atoms with van der Waals surface area (Å²) < 4.78 is 7.29. The minimum absolute atomic E-state index is 0.0592. The van der Waals surface area contributed by atoms with Crippen LogP contribution in [0.15, 0.2) is 53.5 Å². The molecule has 1 aromatic carbocycles. The normalized spacial score (nSPS) is 16.7. The van der Waals surface area contributed by atoms with Crippen LogP contribution in [0, 0.1) is 12.8 Å². The van der Waals surface area contributed by atoms with Gasteiger partial charge in [-0.15, -0.1) is 0 Å². The molecule has 1 unspecified atom stereocenters. The maximum atomic E-state index is 13.3. The monoisotopic (exact) mass is 477 g/mol. The number of rotatable bonds is 7. The van der Waals surface area contributed by atoms with E-state index in [4.69, 9.17) is 4.74 Å². The maximum Gasteiger partial charge on any atom is 0.275 e. The summed E-state index contributed by atoms with van der Waals surface area (Å²) in [6.45, 7) is 7.09. The lowest BCUT2D eigenvalue weighted by Gasteiger charge is -2.25. The molecule has 0 saturated carbocycles. The Bertz CT molecular complexity index is 1260. The van der Waals surface area contributed by atoms with Gasteiger partial charge in [0.2, 0.25) is 11.8 Å². The molecule has 2 amide bonds. The molecule has 35 heavy (non-hydrogen) atoms. The van der Waals surface area contributed by atoms with E-state index in [0.29, 0.717) is 24.2 Å². The van der Waals surface area contributed by atoms with Crippen molar-refractivity contribution in [1.82, 2.24) is 24.6 Å². The van der Waals surface area contributed by atoms with Gasteiger partial charge in [0, 0.05) is 31.2 Å². The van der Waals surface area contributed by atoms with Crippen molar-refractivity contribution < 1.29 is 14.3 Å². The fourth-order valence-electron chi connectivity index (χ4n) is 4.32. The molecular weight excluding hydrogens is 446 g/mol. The largest absolute Gasteiger partial charge is 0.368 e. The van der Waals surface area contributed by atoms with Crippen LogP contribution >= 0.6 is 0 Å². The minimum Gasteiger partial charge on any atom is -0.368 e. The van der Waals surface area contributed by atoms with Crippen LogP contribution in [-0.2, 0) is 27.5 Å². The van der Waals surface area contributed by atoms with Crippen molar-refractivity contribution in [3.63, 3.8) is 0 Å². The smallest absolute Gasteiger partial charge is 0.275 e. The summed E-state index contributed by atoms with van der Waals surface area (Å²) in [5.74, 6) is -0.201. The Morgan fingerprint density at radius 1 is 1.09 bits per heavy atom. The zero-order valence-electron chi connectivity index (χ0n) is 20.4. The number of nitrogens with zero attached hydrogens (tertiary/aromatic N) is 5. The Balaban J connectivity index is 1.54. The van der Waals surface area contributed by atoms with Gasteiger partial charge in [-0.05, 0) is 31.0 Å². The number of benzene rings is 1. The molecule has 1 aliphatic heterocycles. The molecule has 3 heterocycles. The number of ether oxygens (including phenoxy) is 1. The highest BCUT2D eigenvalue weighted by Crippen LogP contribution is 2.14. The number of carbonyl (C=O) groups excluding carboxylic acids is 2. The summed E-state index contributed by atoms with van der Waals surface area (Å²) in [4.78, 5) is 46.8. The maximum absolute atomic E-state index is 13.3. The van der Waals surface area contributed by atoms with E-state index < -0.39 is 0 Å². The predicted octanol–water partition coefficient (Wildman–Crippen LogP) is 2.01. The molecule has 4 rings (SSSR count). The first-order chi connectivity index (χ1) is 16.8. The molecule has 1 saturated heterocycles. The van der Waals surface area contributed by atoms with Crippen LogP contribution in [0.3, 0.4) is 0 Å².